The highest BCUT2D eigenvalue weighted by atomic mass is 16.5. The fraction of sp³-hybridized carbons (Fsp3) is 0.294. The third kappa shape index (κ3) is 4.48. The summed E-state index contributed by atoms with van der Waals surface area (Å²) in [4.78, 5) is 23.2. The molecule has 1 N–H and O–H groups in total. The Bertz CT molecular complexity index is 620. The summed E-state index contributed by atoms with van der Waals surface area (Å²) in [6.45, 7) is 1.10. The molecule has 0 atom stereocenters. The quantitative estimate of drug-likeness (QED) is 0.630. The van der Waals surface area contributed by atoms with Gasteiger partial charge >= 0.3 is 5.97 Å². The predicted molar refractivity (Wildman–Crippen MR) is 83.6 cm³/mol. The molecule has 0 spiro atoms. The molecule has 0 saturated carbocycles. The molecule has 2 rings (SSSR count). The molecule has 0 saturated heterocycles. The third-order valence-electron chi connectivity index (χ3n) is 3.33. The fourth-order valence-electron chi connectivity index (χ4n) is 2.17. The van der Waals surface area contributed by atoms with Gasteiger partial charge in [0.25, 0.3) is 5.91 Å². The predicted octanol–water partition coefficient (Wildman–Crippen LogP) is 2.22. The number of esters is 1. The van der Waals surface area contributed by atoms with Crippen LogP contribution in [0.3, 0.4) is 0 Å². The lowest BCUT2D eigenvalue weighted by molar-refractivity contribution is -0.140. The van der Waals surface area contributed by atoms with Crippen LogP contribution < -0.4 is 5.32 Å². The lowest BCUT2D eigenvalue weighted by atomic mass is 10.2. The summed E-state index contributed by atoms with van der Waals surface area (Å²) in [5.41, 5.74) is 1.75. The standard InChI is InChI=1S/C17H20N2O3/c1-22-16(20)10-5-11-18-17(21)15-9-6-12-19(15)13-14-7-3-2-4-8-14/h2-4,6-9,12H,5,10-11,13H2,1H3,(H,18,21). The maximum Gasteiger partial charge on any atom is 0.305 e. The van der Waals surface area contributed by atoms with E-state index in [2.05, 4.69) is 10.1 Å². The minimum Gasteiger partial charge on any atom is -0.469 e. The number of ether oxygens (including phenoxy) is 1. The highest BCUT2D eigenvalue weighted by Gasteiger charge is 2.10. The Balaban J connectivity index is 1.88. The first-order valence-corrected chi connectivity index (χ1v) is 7.25. The number of hydrogen-bond acceptors (Lipinski definition) is 3. The van der Waals surface area contributed by atoms with E-state index < -0.39 is 0 Å². The smallest absolute Gasteiger partial charge is 0.305 e. The second-order valence-corrected chi connectivity index (χ2v) is 4.94. The van der Waals surface area contributed by atoms with E-state index in [0.29, 0.717) is 31.6 Å². The Morgan fingerprint density at radius 2 is 1.91 bits per heavy atom. The van der Waals surface area contributed by atoms with Crippen LogP contribution in [0.25, 0.3) is 0 Å². The van der Waals surface area contributed by atoms with Crippen LogP contribution in [0.5, 0.6) is 0 Å². The average Bonchev–Trinajstić information content (AvgIpc) is 3.00. The highest BCUT2D eigenvalue weighted by molar-refractivity contribution is 5.92. The molecule has 1 aromatic carbocycles. The monoisotopic (exact) mass is 300 g/mol. The molecular weight excluding hydrogens is 280 g/mol. The van der Waals surface area contributed by atoms with Crippen LogP contribution >= 0.6 is 0 Å². The first-order valence-electron chi connectivity index (χ1n) is 7.25. The Hall–Kier alpha value is -2.56. The summed E-state index contributed by atoms with van der Waals surface area (Å²) in [7, 11) is 1.36. The molecule has 5 nitrogen and oxygen atoms in total. The van der Waals surface area contributed by atoms with Crippen LogP contribution in [-0.2, 0) is 16.1 Å². The second kappa shape index (κ2) is 8.02. The minimum absolute atomic E-state index is 0.134. The number of nitrogens with one attached hydrogen (secondary N) is 1. The van der Waals surface area contributed by atoms with Crippen molar-refractivity contribution < 1.29 is 14.3 Å². The van der Waals surface area contributed by atoms with Gasteiger partial charge in [-0.3, -0.25) is 9.59 Å². The lowest BCUT2D eigenvalue weighted by Crippen LogP contribution is -2.27. The SMILES string of the molecule is COC(=O)CCCNC(=O)c1cccn1Cc1ccccc1. The average molecular weight is 300 g/mol. The second-order valence-electron chi connectivity index (χ2n) is 4.94. The van der Waals surface area contributed by atoms with Crippen molar-refractivity contribution in [1.29, 1.82) is 0 Å². The molecule has 0 unspecified atom stereocenters. The molecule has 0 fully saturated rings. The minimum atomic E-state index is -0.262. The maximum absolute atomic E-state index is 12.2. The zero-order valence-electron chi connectivity index (χ0n) is 12.6. The first-order chi connectivity index (χ1) is 10.7. The van der Waals surface area contributed by atoms with E-state index in [1.807, 2.05) is 47.2 Å². The van der Waals surface area contributed by atoms with Gasteiger partial charge in [0.15, 0.2) is 0 Å². The Morgan fingerprint density at radius 3 is 2.64 bits per heavy atom. The summed E-state index contributed by atoms with van der Waals surface area (Å²) in [6.07, 6.45) is 2.76. The molecule has 0 aliphatic heterocycles. The van der Waals surface area contributed by atoms with Crippen LogP contribution in [0.15, 0.2) is 48.7 Å². The van der Waals surface area contributed by atoms with Crippen LogP contribution in [0.2, 0.25) is 0 Å². The highest BCUT2D eigenvalue weighted by Crippen LogP contribution is 2.08. The zero-order valence-corrected chi connectivity index (χ0v) is 12.6. The van der Waals surface area contributed by atoms with Crippen molar-refractivity contribution in [2.45, 2.75) is 19.4 Å². The van der Waals surface area contributed by atoms with E-state index in [9.17, 15) is 9.59 Å². The van der Waals surface area contributed by atoms with Gasteiger partial charge in [0.05, 0.1) is 7.11 Å². The number of carbonyl (C=O) groups excluding carboxylic acids is 2. The van der Waals surface area contributed by atoms with E-state index >= 15 is 0 Å². The maximum atomic E-state index is 12.2. The summed E-state index contributed by atoms with van der Waals surface area (Å²) in [6, 6.07) is 13.6. The van der Waals surface area contributed by atoms with Gasteiger partial charge in [-0.2, -0.15) is 0 Å². The number of hydrogen-bond donors (Lipinski definition) is 1. The molecule has 1 amide bonds. The molecule has 116 valence electrons. The number of benzene rings is 1. The van der Waals surface area contributed by atoms with Gasteiger partial charge in [-0.1, -0.05) is 30.3 Å². The van der Waals surface area contributed by atoms with Gasteiger partial charge < -0.3 is 14.6 Å². The molecular formula is C17H20N2O3. The van der Waals surface area contributed by atoms with Crippen LogP contribution in [0, 0.1) is 0 Å². The molecule has 22 heavy (non-hydrogen) atoms. The van der Waals surface area contributed by atoms with Gasteiger partial charge in [-0.15, -0.1) is 0 Å². The third-order valence-corrected chi connectivity index (χ3v) is 3.33. The van der Waals surface area contributed by atoms with Gasteiger partial charge in [0, 0.05) is 25.7 Å². The lowest BCUT2D eigenvalue weighted by Gasteiger charge is -2.10. The van der Waals surface area contributed by atoms with Gasteiger partial charge in [-0.05, 0) is 24.1 Å². The first kappa shape index (κ1) is 15.8. The van der Waals surface area contributed by atoms with Crippen molar-refractivity contribution in [2.75, 3.05) is 13.7 Å². The van der Waals surface area contributed by atoms with Gasteiger partial charge in [0.2, 0.25) is 0 Å². The summed E-state index contributed by atoms with van der Waals surface area (Å²) < 4.78 is 6.47. The van der Waals surface area contributed by atoms with Gasteiger partial charge in [0.1, 0.15) is 5.69 Å². The number of nitrogens with zero attached hydrogens (tertiary/aromatic N) is 1. The van der Waals surface area contributed by atoms with Crippen LogP contribution in [-0.4, -0.2) is 30.1 Å². The summed E-state index contributed by atoms with van der Waals surface area (Å²) >= 11 is 0. The Morgan fingerprint density at radius 1 is 1.14 bits per heavy atom. The summed E-state index contributed by atoms with van der Waals surface area (Å²) in [5, 5.41) is 2.82. The van der Waals surface area contributed by atoms with Crippen LogP contribution in [0.1, 0.15) is 28.9 Å². The van der Waals surface area contributed by atoms with E-state index in [1.165, 1.54) is 7.11 Å². The molecule has 2 aromatic rings. The van der Waals surface area contributed by atoms with E-state index in [4.69, 9.17) is 0 Å². The topological polar surface area (TPSA) is 60.3 Å². The molecule has 1 heterocycles. The van der Waals surface area contributed by atoms with Crippen molar-refractivity contribution in [3.05, 3.63) is 59.9 Å². The number of amides is 1. The van der Waals surface area contributed by atoms with E-state index in [1.54, 1.807) is 6.07 Å². The van der Waals surface area contributed by atoms with Crippen molar-refractivity contribution in [3.63, 3.8) is 0 Å². The number of carbonyl (C=O) groups is 2. The zero-order chi connectivity index (χ0) is 15.8. The van der Waals surface area contributed by atoms with E-state index in [-0.39, 0.29) is 11.9 Å². The fourth-order valence-corrected chi connectivity index (χ4v) is 2.17. The number of rotatable bonds is 7. The molecule has 0 radical (unpaired) electrons. The molecule has 1 aromatic heterocycles. The largest absolute Gasteiger partial charge is 0.469 e. The molecule has 0 bridgehead atoms. The Kier molecular flexibility index (Phi) is 5.77. The molecule has 0 aliphatic rings. The number of aromatic nitrogens is 1. The normalized spacial score (nSPS) is 10.2. The Labute approximate surface area is 129 Å². The van der Waals surface area contributed by atoms with E-state index in [0.717, 1.165) is 5.56 Å². The van der Waals surface area contributed by atoms with Crippen molar-refractivity contribution in [3.8, 4) is 0 Å². The van der Waals surface area contributed by atoms with Crippen molar-refractivity contribution in [1.82, 2.24) is 9.88 Å². The summed E-state index contributed by atoms with van der Waals surface area (Å²) in [5.74, 6) is -0.396. The van der Waals surface area contributed by atoms with Gasteiger partial charge in [-0.25, -0.2) is 0 Å². The van der Waals surface area contributed by atoms with Crippen molar-refractivity contribution in [2.24, 2.45) is 0 Å². The van der Waals surface area contributed by atoms with Crippen molar-refractivity contribution >= 4 is 11.9 Å². The number of methoxy groups -OCH3 is 1. The van der Waals surface area contributed by atoms with Crippen LogP contribution in [0.4, 0.5) is 0 Å². The molecule has 5 heteroatoms. The molecule has 0 aliphatic carbocycles.